The molecule has 0 aliphatic rings. The van der Waals surface area contributed by atoms with Crippen molar-refractivity contribution in [2.75, 3.05) is 0 Å². The monoisotopic (exact) mass is 304 g/mol. The van der Waals surface area contributed by atoms with Crippen LogP contribution in [0.2, 0.25) is 0 Å². The molecule has 0 aromatic heterocycles. The Morgan fingerprint density at radius 3 is 2.65 bits per heavy atom. The third kappa shape index (κ3) is 3.77. The van der Waals surface area contributed by atoms with Gasteiger partial charge < -0.3 is 9.84 Å². The second-order valence-corrected chi connectivity index (χ2v) is 5.17. The van der Waals surface area contributed by atoms with Crippen molar-refractivity contribution >= 4 is 22.8 Å². The SMILES string of the molecule is O=C(O)/C=C/c1cccc(OCc2cccc3ccccc23)c1. The average molecular weight is 304 g/mol. The van der Waals surface area contributed by atoms with Crippen molar-refractivity contribution in [3.8, 4) is 5.75 Å². The van der Waals surface area contributed by atoms with Crippen LogP contribution in [-0.2, 0) is 11.4 Å². The van der Waals surface area contributed by atoms with E-state index in [9.17, 15) is 4.79 Å². The highest BCUT2D eigenvalue weighted by Gasteiger charge is 2.02. The molecule has 3 nitrogen and oxygen atoms in total. The van der Waals surface area contributed by atoms with Gasteiger partial charge in [-0.25, -0.2) is 4.79 Å². The maximum absolute atomic E-state index is 10.6. The molecule has 3 aromatic carbocycles. The van der Waals surface area contributed by atoms with Crippen molar-refractivity contribution in [2.24, 2.45) is 0 Å². The lowest BCUT2D eigenvalue weighted by Crippen LogP contribution is -1.96. The number of carboxylic acid groups (broad SMARTS) is 1. The number of rotatable bonds is 5. The highest BCUT2D eigenvalue weighted by molar-refractivity contribution is 5.86. The summed E-state index contributed by atoms with van der Waals surface area (Å²) in [6.45, 7) is 0.466. The van der Waals surface area contributed by atoms with E-state index >= 15 is 0 Å². The maximum Gasteiger partial charge on any atom is 0.328 e. The lowest BCUT2D eigenvalue weighted by Gasteiger charge is -2.09. The molecule has 0 fully saturated rings. The number of ether oxygens (including phenoxy) is 1. The Morgan fingerprint density at radius 2 is 1.78 bits per heavy atom. The molecular formula is C20H16O3. The number of carboxylic acids is 1. The van der Waals surface area contributed by atoms with E-state index in [1.165, 1.54) is 10.8 Å². The first-order chi connectivity index (χ1) is 11.2. The molecule has 3 aromatic rings. The Bertz CT molecular complexity index is 860. The Hall–Kier alpha value is -3.07. The van der Waals surface area contributed by atoms with E-state index in [0.717, 1.165) is 17.2 Å². The smallest absolute Gasteiger partial charge is 0.328 e. The Morgan fingerprint density at radius 1 is 1.00 bits per heavy atom. The molecular weight excluding hydrogens is 288 g/mol. The van der Waals surface area contributed by atoms with Gasteiger partial charge >= 0.3 is 5.97 Å². The van der Waals surface area contributed by atoms with Crippen LogP contribution >= 0.6 is 0 Å². The molecule has 0 unspecified atom stereocenters. The number of benzene rings is 3. The highest BCUT2D eigenvalue weighted by Crippen LogP contribution is 2.21. The summed E-state index contributed by atoms with van der Waals surface area (Å²) < 4.78 is 5.87. The largest absolute Gasteiger partial charge is 0.489 e. The van der Waals surface area contributed by atoms with Crippen molar-refractivity contribution in [1.82, 2.24) is 0 Å². The first-order valence-electron chi connectivity index (χ1n) is 7.33. The van der Waals surface area contributed by atoms with Gasteiger partial charge in [0.15, 0.2) is 0 Å². The number of aliphatic carboxylic acids is 1. The highest BCUT2D eigenvalue weighted by atomic mass is 16.5. The fourth-order valence-electron chi connectivity index (χ4n) is 2.45. The van der Waals surface area contributed by atoms with E-state index in [4.69, 9.17) is 9.84 Å². The van der Waals surface area contributed by atoms with Crippen molar-refractivity contribution < 1.29 is 14.6 Å². The van der Waals surface area contributed by atoms with Crippen LogP contribution in [0.1, 0.15) is 11.1 Å². The molecule has 3 rings (SSSR count). The predicted molar refractivity (Wildman–Crippen MR) is 91.4 cm³/mol. The molecule has 23 heavy (non-hydrogen) atoms. The maximum atomic E-state index is 10.6. The summed E-state index contributed by atoms with van der Waals surface area (Å²) in [7, 11) is 0. The van der Waals surface area contributed by atoms with E-state index in [2.05, 4.69) is 24.3 Å². The fraction of sp³-hybridized carbons (Fsp3) is 0.0500. The fourth-order valence-corrected chi connectivity index (χ4v) is 2.45. The third-order valence-electron chi connectivity index (χ3n) is 3.55. The number of fused-ring (bicyclic) bond motifs is 1. The van der Waals surface area contributed by atoms with Gasteiger partial charge in [-0.05, 0) is 40.1 Å². The van der Waals surface area contributed by atoms with Crippen molar-refractivity contribution in [3.05, 3.63) is 83.9 Å². The first-order valence-corrected chi connectivity index (χ1v) is 7.33. The van der Waals surface area contributed by atoms with Crippen LogP contribution in [0.25, 0.3) is 16.8 Å². The van der Waals surface area contributed by atoms with Gasteiger partial charge in [-0.15, -0.1) is 0 Å². The number of hydrogen-bond donors (Lipinski definition) is 1. The summed E-state index contributed by atoms with van der Waals surface area (Å²) in [5, 5.41) is 11.0. The average Bonchev–Trinajstić information content (AvgIpc) is 2.58. The second kappa shape index (κ2) is 6.79. The molecule has 0 saturated heterocycles. The van der Waals surface area contributed by atoms with E-state index < -0.39 is 5.97 Å². The summed E-state index contributed by atoms with van der Waals surface area (Å²) in [4.78, 5) is 10.6. The topological polar surface area (TPSA) is 46.5 Å². The predicted octanol–water partition coefficient (Wildman–Crippen LogP) is 4.52. The molecule has 0 saturated carbocycles. The third-order valence-corrected chi connectivity index (χ3v) is 3.55. The van der Waals surface area contributed by atoms with Gasteiger partial charge in [-0.3, -0.25) is 0 Å². The molecule has 0 heterocycles. The quantitative estimate of drug-likeness (QED) is 0.705. The minimum atomic E-state index is -0.966. The molecule has 0 bridgehead atoms. The van der Waals surface area contributed by atoms with Crippen LogP contribution in [0.3, 0.4) is 0 Å². The minimum absolute atomic E-state index is 0.466. The molecule has 0 radical (unpaired) electrons. The van der Waals surface area contributed by atoms with Crippen LogP contribution in [0.4, 0.5) is 0 Å². The van der Waals surface area contributed by atoms with Crippen LogP contribution in [0.15, 0.2) is 72.8 Å². The zero-order valence-electron chi connectivity index (χ0n) is 12.5. The minimum Gasteiger partial charge on any atom is -0.489 e. The van der Waals surface area contributed by atoms with Gasteiger partial charge in [-0.2, -0.15) is 0 Å². The molecule has 114 valence electrons. The van der Waals surface area contributed by atoms with Crippen molar-refractivity contribution in [2.45, 2.75) is 6.61 Å². The van der Waals surface area contributed by atoms with E-state index in [1.54, 1.807) is 6.08 Å². The number of carbonyl (C=O) groups is 1. The molecule has 0 aliphatic carbocycles. The van der Waals surface area contributed by atoms with E-state index in [1.807, 2.05) is 42.5 Å². The standard InChI is InChI=1S/C20H16O3/c21-20(22)12-11-15-5-3-9-18(13-15)23-14-17-8-4-7-16-6-1-2-10-19(16)17/h1-13H,14H2,(H,21,22)/b12-11+. The van der Waals surface area contributed by atoms with E-state index in [-0.39, 0.29) is 0 Å². The van der Waals surface area contributed by atoms with Crippen molar-refractivity contribution in [1.29, 1.82) is 0 Å². The Kier molecular flexibility index (Phi) is 4.39. The van der Waals surface area contributed by atoms with Gasteiger partial charge in [0.2, 0.25) is 0 Å². The summed E-state index contributed by atoms with van der Waals surface area (Å²) >= 11 is 0. The molecule has 0 aliphatic heterocycles. The molecule has 3 heteroatoms. The van der Waals surface area contributed by atoms with Gasteiger partial charge in [0.25, 0.3) is 0 Å². The van der Waals surface area contributed by atoms with E-state index in [0.29, 0.717) is 12.4 Å². The lowest BCUT2D eigenvalue weighted by molar-refractivity contribution is -0.131. The molecule has 0 spiro atoms. The van der Waals surface area contributed by atoms with Gasteiger partial charge in [0, 0.05) is 6.08 Å². The van der Waals surface area contributed by atoms with Gasteiger partial charge in [0.1, 0.15) is 12.4 Å². The zero-order valence-corrected chi connectivity index (χ0v) is 12.5. The molecule has 0 amide bonds. The van der Waals surface area contributed by atoms with Crippen LogP contribution in [0.5, 0.6) is 5.75 Å². The van der Waals surface area contributed by atoms with Crippen molar-refractivity contribution in [3.63, 3.8) is 0 Å². The summed E-state index contributed by atoms with van der Waals surface area (Å²) in [6.07, 6.45) is 2.66. The van der Waals surface area contributed by atoms with Crippen LogP contribution in [0, 0.1) is 0 Å². The Labute approximate surface area is 134 Å². The second-order valence-electron chi connectivity index (χ2n) is 5.17. The summed E-state index contributed by atoms with van der Waals surface area (Å²) in [6, 6.07) is 21.7. The van der Waals surface area contributed by atoms with Gasteiger partial charge in [-0.1, -0.05) is 54.6 Å². The Balaban J connectivity index is 1.77. The summed E-state index contributed by atoms with van der Waals surface area (Å²) in [5.74, 6) is -0.252. The first kappa shape index (κ1) is 14.9. The van der Waals surface area contributed by atoms with Crippen LogP contribution in [-0.4, -0.2) is 11.1 Å². The summed E-state index contributed by atoms with van der Waals surface area (Å²) in [5.41, 5.74) is 1.91. The van der Waals surface area contributed by atoms with Gasteiger partial charge in [0.05, 0.1) is 0 Å². The normalized spacial score (nSPS) is 11.0. The van der Waals surface area contributed by atoms with Crippen LogP contribution < -0.4 is 4.74 Å². The number of hydrogen-bond acceptors (Lipinski definition) is 2. The zero-order chi connectivity index (χ0) is 16.1. The lowest BCUT2D eigenvalue weighted by atomic mass is 10.1. The molecule has 1 N–H and O–H groups in total. The molecule has 0 atom stereocenters.